The van der Waals surface area contributed by atoms with Gasteiger partial charge in [0.15, 0.2) is 0 Å². The van der Waals surface area contributed by atoms with E-state index in [2.05, 4.69) is 0 Å². The summed E-state index contributed by atoms with van der Waals surface area (Å²) >= 11 is 0. The third-order valence-electron chi connectivity index (χ3n) is 0.388. The number of carboxylic acid groups (broad SMARTS) is 3. The maximum Gasteiger partial charge on any atom is 1.00 e. The summed E-state index contributed by atoms with van der Waals surface area (Å²) in [5.74, 6) is -6.79. The number of Topliss-reactive ketones (excluding diaryl/α,β-unsaturated/α-hetero) is 1. The Kier molecular flexibility index (Phi) is 12.7. The van der Waals surface area contributed by atoms with Gasteiger partial charge in [-0.1, -0.05) is 0 Å². The molecule has 0 bridgehead atoms. The maximum absolute atomic E-state index is 9.64. The van der Waals surface area contributed by atoms with E-state index < -0.39 is 23.7 Å². The molecule has 2 N–H and O–H groups in total. The normalized spacial score (nSPS) is 6.85. The van der Waals surface area contributed by atoms with Crippen LogP contribution in [0.15, 0.2) is 0 Å². The summed E-state index contributed by atoms with van der Waals surface area (Å²) in [6.07, 6.45) is 0. The number of hydrogen-bond acceptors (Lipinski definition) is 5. The van der Waals surface area contributed by atoms with Gasteiger partial charge in [-0.15, -0.1) is 0 Å². The third kappa shape index (κ3) is 18.2. The SMILES string of the molecule is CC(=O)[O-].O=C(O)C(=O)C(=O)O.[Na+]. The second kappa shape index (κ2) is 9.17. The molecular formula is C5H5NaO7. The van der Waals surface area contributed by atoms with Crippen LogP contribution in [0.2, 0.25) is 0 Å². The van der Waals surface area contributed by atoms with E-state index in [1.165, 1.54) is 0 Å². The molecule has 13 heavy (non-hydrogen) atoms. The van der Waals surface area contributed by atoms with Crippen molar-refractivity contribution >= 4 is 23.7 Å². The molecule has 0 aromatic carbocycles. The molecule has 0 atom stereocenters. The van der Waals surface area contributed by atoms with Gasteiger partial charge in [0.25, 0.3) is 0 Å². The molecule has 0 aliphatic heterocycles. The van der Waals surface area contributed by atoms with Crippen molar-refractivity contribution < 1.29 is 64.1 Å². The summed E-state index contributed by atoms with van der Waals surface area (Å²) in [7, 11) is 0. The molecule has 68 valence electrons. The summed E-state index contributed by atoms with van der Waals surface area (Å²) in [6.45, 7) is 0.972. The van der Waals surface area contributed by atoms with Gasteiger partial charge in [-0.3, -0.25) is 4.79 Å². The maximum atomic E-state index is 9.64. The van der Waals surface area contributed by atoms with Gasteiger partial charge in [-0.25, -0.2) is 9.59 Å². The van der Waals surface area contributed by atoms with Crippen LogP contribution in [0.4, 0.5) is 0 Å². The number of carboxylic acids is 3. The number of hydrogen-bond donors (Lipinski definition) is 2. The first-order valence-corrected chi connectivity index (χ1v) is 2.47. The van der Waals surface area contributed by atoms with Crippen molar-refractivity contribution in [3.8, 4) is 0 Å². The predicted octanol–water partition coefficient (Wildman–Crippen LogP) is -5.52. The summed E-state index contributed by atoms with van der Waals surface area (Å²) in [6, 6.07) is 0. The van der Waals surface area contributed by atoms with Crippen LogP contribution in [-0.2, 0) is 19.2 Å². The first-order valence-electron chi connectivity index (χ1n) is 2.47. The standard InChI is InChI=1S/C3H2O5.C2H4O2.Na/c4-1(2(5)6)3(7)8;1-2(3)4;/h(H,5,6)(H,7,8);1H3,(H,3,4);/q;;+1/p-1. The molecule has 0 amide bonds. The Labute approximate surface area is 94.6 Å². The van der Waals surface area contributed by atoms with Gasteiger partial charge in [0, 0.05) is 5.97 Å². The molecule has 0 rings (SSSR count). The van der Waals surface area contributed by atoms with Gasteiger partial charge in [-0.2, -0.15) is 0 Å². The van der Waals surface area contributed by atoms with Crippen molar-refractivity contribution in [1.29, 1.82) is 0 Å². The molecule has 0 aromatic heterocycles. The molecular weight excluding hydrogens is 195 g/mol. The largest absolute Gasteiger partial charge is 1.00 e. The van der Waals surface area contributed by atoms with E-state index in [4.69, 9.17) is 20.1 Å². The van der Waals surface area contributed by atoms with Crippen LogP contribution in [0.3, 0.4) is 0 Å². The summed E-state index contributed by atoms with van der Waals surface area (Å²) in [5, 5.41) is 24.1. The van der Waals surface area contributed by atoms with Crippen LogP contribution in [-0.4, -0.2) is 33.9 Å². The zero-order chi connectivity index (χ0) is 10.3. The number of carbonyl (C=O) groups excluding carboxylic acids is 2. The number of carbonyl (C=O) groups is 4. The Balaban J connectivity index is -0.000000173. The fourth-order valence-electron chi connectivity index (χ4n) is 0.0915. The summed E-state index contributed by atoms with van der Waals surface area (Å²) in [4.78, 5) is 37.4. The Hall–Kier alpha value is -0.920. The minimum absolute atomic E-state index is 0. The molecule has 0 spiro atoms. The predicted molar refractivity (Wildman–Crippen MR) is 31.0 cm³/mol. The average Bonchev–Trinajstić information content (AvgIpc) is 1.84. The van der Waals surface area contributed by atoms with Gasteiger partial charge in [0.05, 0.1) is 0 Å². The van der Waals surface area contributed by atoms with E-state index in [9.17, 15) is 14.4 Å². The first-order chi connectivity index (χ1) is 5.29. The zero-order valence-corrected chi connectivity index (χ0v) is 8.94. The van der Waals surface area contributed by atoms with E-state index in [1.54, 1.807) is 0 Å². The Morgan fingerprint density at radius 2 is 1.15 bits per heavy atom. The van der Waals surface area contributed by atoms with Crippen molar-refractivity contribution in [3.63, 3.8) is 0 Å². The van der Waals surface area contributed by atoms with Crippen LogP contribution in [0.1, 0.15) is 6.92 Å². The van der Waals surface area contributed by atoms with Crippen molar-refractivity contribution in [3.05, 3.63) is 0 Å². The fourth-order valence-corrected chi connectivity index (χ4v) is 0.0915. The number of ketones is 1. The number of rotatable bonds is 2. The molecule has 0 saturated heterocycles. The van der Waals surface area contributed by atoms with Crippen molar-refractivity contribution in [2.24, 2.45) is 0 Å². The molecule has 0 aromatic rings. The first kappa shape index (κ1) is 18.0. The van der Waals surface area contributed by atoms with Gasteiger partial charge in [0.2, 0.25) is 0 Å². The molecule has 0 aliphatic carbocycles. The van der Waals surface area contributed by atoms with E-state index in [0.717, 1.165) is 6.92 Å². The smallest absolute Gasteiger partial charge is 0.550 e. The van der Waals surface area contributed by atoms with E-state index in [0.29, 0.717) is 0 Å². The average molecular weight is 200 g/mol. The topological polar surface area (TPSA) is 132 Å². The zero-order valence-electron chi connectivity index (χ0n) is 6.94. The van der Waals surface area contributed by atoms with Gasteiger partial charge in [0.1, 0.15) is 0 Å². The second-order valence-electron chi connectivity index (χ2n) is 1.43. The fraction of sp³-hybridized carbons (Fsp3) is 0.200. The van der Waals surface area contributed by atoms with Crippen LogP contribution in [0, 0.1) is 0 Å². The molecule has 0 heterocycles. The second-order valence-corrected chi connectivity index (χ2v) is 1.43. The molecule has 8 heteroatoms. The van der Waals surface area contributed by atoms with Crippen molar-refractivity contribution in [2.45, 2.75) is 6.92 Å². The monoisotopic (exact) mass is 200 g/mol. The van der Waals surface area contributed by atoms with E-state index in [1.807, 2.05) is 0 Å². The third-order valence-corrected chi connectivity index (χ3v) is 0.388. The molecule has 0 saturated carbocycles. The van der Waals surface area contributed by atoms with Gasteiger partial charge in [-0.05, 0) is 6.92 Å². The van der Waals surface area contributed by atoms with Crippen molar-refractivity contribution in [1.82, 2.24) is 0 Å². The Morgan fingerprint density at radius 1 is 1.00 bits per heavy atom. The quantitative estimate of drug-likeness (QED) is 0.258. The van der Waals surface area contributed by atoms with Crippen LogP contribution >= 0.6 is 0 Å². The molecule has 0 aliphatic rings. The minimum Gasteiger partial charge on any atom is -0.550 e. The Morgan fingerprint density at radius 3 is 1.15 bits per heavy atom. The number of aliphatic carboxylic acids is 3. The van der Waals surface area contributed by atoms with Gasteiger partial charge < -0.3 is 20.1 Å². The molecule has 0 unspecified atom stereocenters. The van der Waals surface area contributed by atoms with Crippen molar-refractivity contribution in [2.75, 3.05) is 0 Å². The summed E-state index contributed by atoms with van der Waals surface area (Å²) in [5.41, 5.74) is 0. The molecule has 7 nitrogen and oxygen atoms in total. The van der Waals surface area contributed by atoms with Crippen LogP contribution < -0.4 is 34.7 Å². The summed E-state index contributed by atoms with van der Waals surface area (Å²) < 4.78 is 0. The van der Waals surface area contributed by atoms with E-state index in [-0.39, 0.29) is 29.6 Å². The minimum atomic E-state index is -1.95. The van der Waals surface area contributed by atoms with Crippen LogP contribution in [0.25, 0.3) is 0 Å². The Bertz CT molecular complexity index is 201. The molecule has 0 radical (unpaired) electrons. The van der Waals surface area contributed by atoms with E-state index >= 15 is 0 Å². The molecule has 0 fully saturated rings. The van der Waals surface area contributed by atoms with Crippen LogP contribution in [0.5, 0.6) is 0 Å². The van der Waals surface area contributed by atoms with Gasteiger partial charge >= 0.3 is 47.3 Å².